The molecule has 0 spiro atoms. The Balaban J connectivity index is 2.71. The van der Waals surface area contributed by atoms with Crippen LogP contribution in [0, 0.1) is 0 Å². The number of fused-ring (bicyclic) bond motifs is 1. The fourth-order valence-corrected chi connectivity index (χ4v) is 2.50. The van der Waals surface area contributed by atoms with Crippen molar-refractivity contribution in [2.24, 2.45) is 0 Å². The molecule has 2 heterocycles. The second-order valence-corrected chi connectivity index (χ2v) is 6.08. The lowest BCUT2D eigenvalue weighted by molar-refractivity contribution is 0.771. The summed E-state index contributed by atoms with van der Waals surface area (Å²) in [6.07, 6.45) is 4.22. The van der Waals surface area contributed by atoms with Gasteiger partial charge in [-0.1, -0.05) is 41.5 Å². The molecule has 0 aromatic carbocycles. The monoisotopic (exact) mass is 244 g/mol. The van der Waals surface area contributed by atoms with Gasteiger partial charge in [-0.2, -0.15) is 5.10 Å². The molecule has 2 rings (SSSR count). The summed E-state index contributed by atoms with van der Waals surface area (Å²) in [6, 6.07) is 2.34. The minimum atomic E-state index is 0.521. The zero-order chi connectivity index (χ0) is 13.4. The van der Waals surface area contributed by atoms with Crippen LogP contribution in [0.15, 0.2) is 18.5 Å². The molecule has 0 aliphatic rings. The highest BCUT2D eigenvalue weighted by Gasteiger charge is 2.15. The second kappa shape index (κ2) is 4.75. The van der Waals surface area contributed by atoms with E-state index in [1.807, 2.05) is 10.7 Å². The van der Waals surface area contributed by atoms with Gasteiger partial charge in [0.05, 0.1) is 11.7 Å². The Morgan fingerprint density at radius 3 is 1.89 bits per heavy atom. The van der Waals surface area contributed by atoms with Crippen LogP contribution in [-0.2, 0) is 0 Å². The lowest BCUT2D eigenvalue weighted by atomic mass is 9.91. The maximum Gasteiger partial charge on any atom is 0.0699 e. The van der Waals surface area contributed by atoms with E-state index < -0.39 is 0 Å². The predicted octanol–water partition coefficient (Wildman–Crippen LogP) is 4.70. The van der Waals surface area contributed by atoms with Gasteiger partial charge in [0.2, 0.25) is 0 Å². The van der Waals surface area contributed by atoms with Crippen molar-refractivity contribution in [3.63, 3.8) is 0 Å². The molecule has 0 unspecified atom stereocenters. The first kappa shape index (κ1) is 13.1. The van der Waals surface area contributed by atoms with E-state index in [1.165, 1.54) is 22.2 Å². The third kappa shape index (κ3) is 2.16. The van der Waals surface area contributed by atoms with Crippen molar-refractivity contribution in [2.45, 2.75) is 59.3 Å². The molecule has 0 aliphatic carbocycles. The predicted molar refractivity (Wildman–Crippen MR) is 77.5 cm³/mol. The highest BCUT2D eigenvalue weighted by molar-refractivity contribution is 5.58. The van der Waals surface area contributed by atoms with E-state index in [1.54, 1.807) is 0 Å². The van der Waals surface area contributed by atoms with Gasteiger partial charge >= 0.3 is 0 Å². The maximum absolute atomic E-state index is 4.50. The molecule has 2 aromatic rings. The molecule has 0 amide bonds. The molecule has 0 N–H and O–H groups in total. The second-order valence-electron chi connectivity index (χ2n) is 6.08. The first-order chi connectivity index (χ1) is 8.41. The van der Waals surface area contributed by atoms with Crippen LogP contribution in [-0.4, -0.2) is 9.61 Å². The number of hydrogen-bond donors (Lipinski definition) is 0. The summed E-state index contributed by atoms with van der Waals surface area (Å²) in [5.74, 6) is 1.62. The lowest BCUT2D eigenvalue weighted by Crippen LogP contribution is -2.03. The average Bonchev–Trinajstić information content (AvgIpc) is 2.69. The van der Waals surface area contributed by atoms with E-state index in [9.17, 15) is 0 Å². The topological polar surface area (TPSA) is 17.3 Å². The highest BCUT2D eigenvalue weighted by Crippen LogP contribution is 2.30. The van der Waals surface area contributed by atoms with Crippen LogP contribution in [0.3, 0.4) is 0 Å². The van der Waals surface area contributed by atoms with Crippen LogP contribution in [0.4, 0.5) is 0 Å². The minimum absolute atomic E-state index is 0.521. The zero-order valence-corrected chi connectivity index (χ0v) is 12.4. The molecule has 0 bridgehead atoms. The van der Waals surface area contributed by atoms with Crippen molar-refractivity contribution in [1.82, 2.24) is 9.61 Å². The summed E-state index contributed by atoms with van der Waals surface area (Å²) in [7, 11) is 0. The lowest BCUT2D eigenvalue weighted by Gasteiger charge is -2.17. The van der Waals surface area contributed by atoms with Gasteiger partial charge in [0.25, 0.3) is 0 Å². The van der Waals surface area contributed by atoms with Gasteiger partial charge in [-0.25, -0.2) is 4.52 Å². The quantitative estimate of drug-likeness (QED) is 0.764. The highest BCUT2D eigenvalue weighted by atomic mass is 15.2. The van der Waals surface area contributed by atoms with Crippen molar-refractivity contribution < 1.29 is 0 Å². The smallest absolute Gasteiger partial charge is 0.0699 e. The first-order valence-electron chi connectivity index (χ1n) is 6.92. The molecule has 2 nitrogen and oxygen atoms in total. The van der Waals surface area contributed by atoms with Gasteiger partial charge in [-0.3, -0.25) is 0 Å². The molecule has 18 heavy (non-hydrogen) atoms. The fourth-order valence-electron chi connectivity index (χ4n) is 2.50. The number of pyridine rings is 1. The zero-order valence-electron chi connectivity index (χ0n) is 12.4. The largest absolute Gasteiger partial charge is 0.240 e. The summed E-state index contributed by atoms with van der Waals surface area (Å²) in [5.41, 5.74) is 5.47. The number of aromatic nitrogens is 2. The SMILES string of the molecule is CC(C)c1cc2c(C(C)C)cnn2cc1C(C)C. The van der Waals surface area contributed by atoms with Gasteiger partial charge in [-0.15, -0.1) is 0 Å². The van der Waals surface area contributed by atoms with Gasteiger partial charge in [0, 0.05) is 11.8 Å². The number of rotatable bonds is 3. The Hall–Kier alpha value is -1.31. The van der Waals surface area contributed by atoms with Crippen LogP contribution < -0.4 is 0 Å². The van der Waals surface area contributed by atoms with E-state index in [0.29, 0.717) is 17.8 Å². The van der Waals surface area contributed by atoms with Gasteiger partial charge in [-0.05, 0) is 34.9 Å². The van der Waals surface area contributed by atoms with Gasteiger partial charge in [0.1, 0.15) is 0 Å². The minimum Gasteiger partial charge on any atom is -0.240 e. The number of hydrogen-bond acceptors (Lipinski definition) is 1. The first-order valence-corrected chi connectivity index (χ1v) is 6.92. The molecular formula is C16H24N2. The Bertz CT molecular complexity index is 547. The molecule has 2 aromatic heterocycles. The number of nitrogens with zero attached hydrogens (tertiary/aromatic N) is 2. The third-order valence-corrected chi connectivity index (χ3v) is 3.62. The summed E-state index contributed by atoms with van der Waals surface area (Å²) in [5, 5.41) is 4.50. The Kier molecular flexibility index (Phi) is 3.47. The summed E-state index contributed by atoms with van der Waals surface area (Å²) < 4.78 is 2.04. The molecule has 0 saturated carbocycles. The molecule has 0 saturated heterocycles. The van der Waals surface area contributed by atoms with Crippen LogP contribution in [0.5, 0.6) is 0 Å². The van der Waals surface area contributed by atoms with Crippen LogP contribution in [0.25, 0.3) is 5.52 Å². The molecule has 98 valence electrons. The Labute approximate surface area is 110 Å². The van der Waals surface area contributed by atoms with Gasteiger partial charge < -0.3 is 0 Å². The normalized spacial score (nSPS) is 12.3. The van der Waals surface area contributed by atoms with Crippen molar-refractivity contribution in [3.8, 4) is 0 Å². The average molecular weight is 244 g/mol. The summed E-state index contributed by atoms with van der Waals surface area (Å²) >= 11 is 0. The molecular weight excluding hydrogens is 220 g/mol. The van der Waals surface area contributed by atoms with E-state index in [4.69, 9.17) is 0 Å². The molecule has 0 fully saturated rings. The van der Waals surface area contributed by atoms with Crippen LogP contribution in [0.1, 0.15) is 76.0 Å². The summed E-state index contributed by atoms with van der Waals surface area (Å²) in [4.78, 5) is 0. The fraction of sp³-hybridized carbons (Fsp3) is 0.562. The van der Waals surface area contributed by atoms with Crippen molar-refractivity contribution in [2.75, 3.05) is 0 Å². The standard InChI is InChI=1S/C16H24N2/c1-10(2)13-7-16-14(11(3)4)8-17-18(16)9-15(13)12(5)6/h7-12H,1-6H3. The van der Waals surface area contributed by atoms with E-state index in [0.717, 1.165) is 0 Å². The van der Waals surface area contributed by atoms with E-state index >= 15 is 0 Å². The van der Waals surface area contributed by atoms with Crippen molar-refractivity contribution >= 4 is 5.52 Å². The molecule has 2 heteroatoms. The molecule has 0 atom stereocenters. The maximum atomic E-state index is 4.50. The van der Waals surface area contributed by atoms with E-state index in [-0.39, 0.29) is 0 Å². The Morgan fingerprint density at radius 2 is 1.39 bits per heavy atom. The summed E-state index contributed by atoms with van der Waals surface area (Å²) in [6.45, 7) is 13.5. The third-order valence-electron chi connectivity index (χ3n) is 3.62. The van der Waals surface area contributed by atoms with Crippen molar-refractivity contribution in [3.05, 3.63) is 35.2 Å². The Morgan fingerprint density at radius 1 is 0.833 bits per heavy atom. The van der Waals surface area contributed by atoms with Crippen LogP contribution >= 0.6 is 0 Å². The van der Waals surface area contributed by atoms with Gasteiger partial charge in [0.15, 0.2) is 0 Å². The van der Waals surface area contributed by atoms with Crippen molar-refractivity contribution in [1.29, 1.82) is 0 Å². The van der Waals surface area contributed by atoms with Crippen LogP contribution in [0.2, 0.25) is 0 Å². The van der Waals surface area contributed by atoms with E-state index in [2.05, 4.69) is 58.9 Å². The molecule has 0 aliphatic heterocycles. The molecule has 0 radical (unpaired) electrons.